The predicted molar refractivity (Wildman–Crippen MR) is 79.3 cm³/mol. The zero-order valence-corrected chi connectivity index (χ0v) is 12.4. The molecule has 110 valence electrons. The number of hydrogen-bond donors (Lipinski definition) is 1. The highest BCUT2D eigenvalue weighted by molar-refractivity contribution is 5.48. The number of nitrogens with zero attached hydrogens (tertiary/aromatic N) is 1. The van der Waals surface area contributed by atoms with E-state index < -0.39 is 0 Å². The van der Waals surface area contributed by atoms with E-state index in [1.165, 1.54) is 11.1 Å². The van der Waals surface area contributed by atoms with Crippen molar-refractivity contribution >= 4 is 0 Å². The van der Waals surface area contributed by atoms with Gasteiger partial charge in [-0.15, -0.1) is 0 Å². The first-order chi connectivity index (χ1) is 9.69. The Bertz CT molecular complexity index is 490. The average Bonchev–Trinajstić information content (AvgIpc) is 2.66. The number of nitrogens with two attached hydrogens (primary N) is 1. The van der Waals surface area contributed by atoms with E-state index in [2.05, 4.69) is 31.0 Å². The first-order valence-electron chi connectivity index (χ1n) is 7.49. The highest BCUT2D eigenvalue weighted by Gasteiger charge is 2.31. The Balaban J connectivity index is 1.92. The van der Waals surface area contributed by atoms with E-state index in [4.69, 9.17) is 15.2 Å². The summed E-state index contributed by atoms with van der Waals surface area (Å²) in [5.41, 5.74) is 8.47. The van der Waals surface area contributed by atoms with E-state index >= 15 is 0 Å². The van der Waals surface area contributed by atoms with Crippen LogP contribution < -0.4 is 15.2 Å². The van der Waals surface area contributed by atoms with Gasteiger partial charge in [-0.05, 0) is 56.1 Å². The summed E-state index contributed by atoms with van der Waals surface area (Å²) in [6, 6.07) is 4.75. The molecule has 0 spiro atoms. The van der Waals surface area contributed by atoms with E-state index in [0.29, 0.717) is 12.0 Å². The van der Waals surface area contributed by atoms with Crippen molar-refractivity contribution in [3.05, 3.63) is 23.3 Å². The lowest BCUT2D eigenvalue weighted by molar-refractivity contribution is 0.296. The summed E-state index contributed by atoms with van der Waals surface area (Å²) < 4.78 is 11.6. The van der Waals surface area contributed by atoms with Gasteiger partial charge in [-0.1, -0.05) is 0 Å². The van der Waals surface area contributed by atoms with Crippen molar-refractivity contribution in [3.8, 4) is 11.5 Å². The lowest BCUT2D eigenvalue weighted by atomic mass is 9.96. The molecule has 0 bridgehead atoms. The van der Waals surface area contributed by atoms with E-state index in [1.54, 1.807) is 0 Å². The van der Waals surface area contributed by atoms with Gasteiger partial charge in [0.05, 0.1) is 13.2 Å². The van der Waals surface area contributed by atoms with Gasteiger partial charge in [-0.3, -0.25) is 4.90 Å². The fourth-order valence-corrected chi connectivity index (χ4v) is 3.32. The Morgan fingerprint density at radius 2 is 1.95 bits per heavy atom. The van der Waals surface area contributed by atoms with E-state index in [0.717, 1.165) is 50.6 Å². The Morgan fingerprint density at radius 3 is 2.60 bits per heavy atom. The van der Waals surface area contributed by atoms with Gasteiger partial charge in [0.15, 0.2) is 11.5 Å². The van der Waals surface area contributed by atoms with E-state index in [9.17, 15) is 0 Å². The van der Waals surface area contributed by atoms with Crippen molar-refractivity contribution in [3.63, 3.8) is 0 Å². The number of fused-ring (bicyclic) bond motifs is 1. The van der Waals surface area contributed by atoms with Crippen LogP contribution >= 0.6 is 0 Å². The maximum atomic E-state index is 5.83. The molecule has 0 aromatic heterocycles. The van der Waals surface area contributed by atoms with Crippen LogP contribution in [0.1, 0.15) is 30.0 Å². The van der Waals surface area contributed by atoms with Crippen molar-refractivity contribution < 1.29 is 9.47 Å². The number of hydrogen-bond acceptors (Lipinski definition) is 4. The largest absolute Gasteiger partial charge is 0.490 e. The summed E-state index contributed by atoms with van der Waals surface area (Å²) in [7, 11) is 2.18. The van der Waals surface area contributed by atoms with Crippen LogP contribution in [0.3, 0.4) is 0 Å². The molecular formula is C16H24N2O2. The summed E-state index contributed by atoms with van der Waals surface area (Å²) in [4.78, 5) is 2.41. The first kappa shape index (κ1) is 13.7. The second kappa shape index (κ2) is 5.62. The maximum Gasteiger partial charge on any atom is 0.161 e. The monoisotopic (exact) mass is 276 g/mol. The minimum atomic E-state index is 0.445. The predicted octanol–water partition coefficient (Wildman–Crippen LogP) is 2.11. The standard InChI is InChI=1S/C16H24N2O2/c1-11-6-15-16(20-5-3-4-19-15)8-13(11)14-7-12(9-17)10-18(14)2/h6,8,12,14H,3-5,7,9-10,17H2,1-2H3. The minimum Gasteiger partial charge on any atom is -0.490 e. The molecule has 0 amide bonds. The maximum absolute atomic E-state index is 5.83. The molecule has 4 heteroatoms. The van der Waals surface area contributed by atoms with Crippen molar-refractivity contribution in [1.82, 2.24) is 4.90 Å². The summed E-state index contributed by atoms with van der Waals surface area (Å²) in [6.45, 7) is 5.48. The average molecular weight is 276 g/mol. The van der Waals surface area contributed by atoms with Gasteiger partial charge < -0.3 is 15.2 Å². The molecule has 2 aliphatic heterocycles. The fourth-order valence-electron chi connectivity index (χ4n) is 3.32. The minimum absolute atomic E-state index is 0.445. The van der Waals surface area contributed by atoms with Crippen molar-refractivity contribution in [2.24, 2.45) is 11.7 Å². The molecule has 3 rings (SSSR count). The molecular weight excluding hydrogens is 252 g/mol. The second-order valence-electron chi connectivity index (χ2n) is 6.00. The Labute approximate surface area is 120 Å². The summed E-state index contributed by atoms with van der Waals surface area (Å²) in [5.74, 6) is 2.38. The number of rotatable bonds is 2. The summed E-state index contributed by atoms with van der Waals surface area (Å²) >= 11 is 0. The first-order valence-corrected chi connectivity index (χ1v) is 7.49. The van der Waals surface area contributed by atoms with Gasteiger partial charge in [0.2, 0.25) is 0 Å². The zero-order valence-electron chi connectivity index (χ0n) is 12.4. The number of likely N-dealkylation sites (tertiary alicyclic amines) is 1. The topological polar surface area (TPSA) is 47.7 Å². The highest BCUT2D eigenvalue weighted by Crippen LogP contribution is 2.40. The van der Waals surface area contributed by atoms with E-state index in [-0.39, 0.29) is 0 Å². The summed E-state index contributed by atoms with van der Waals surface area (Å²) in [5, 5.41) is 0. The third-order valence-electron chi connectivity index (χ3n) is 4.46. The third-order valence-corrected chi connectivity index (χ3v) is 4.46. The van der Waals surface area contributed by atoms with Crippen molar-refractivity contribution in [2.45, 2.75) is 25.8 Å². The molecule has 20 heavy (non-hydrogen) atoms. The molecule has 4 nitrogen and oxygen atoms in total. The molecule has 2 aliphatic rings. The van der Waals surface area contributed by atoms with Gasteiger partial charge in [0.25, 0.3) is 0 Å². The van der Waals surface area contributed by atoms with Crippen LogP contribution in [-0.4, -0.2) is 38.3 Å². The van der Waals surface area contributed by atoms with Crippen LogP contribution in [0.5, 0.6) is 11.5 Å². The van der Waals surface area contributed by atoms with Crippen LogP contribution in [0, 0.1) is 12.8 Å². The van der Waals surface area contributed by atoms with Crippen LogP contribution in [0.4, 0.5) is 0 Å². The quantitative estimate of drug-likeness (QED) is 0.898. The number of ether oxygens (including phenoxy) is 2. The molecule has 0 saturated carbocycles. The van der Waals surface area contributed by atoms with Crippen LogP contribution in [0.15, 0.2) is 12.1 Å². The molecule has 1 fully saturated rings. The summed E-state index contributed by atoms with van der Waals surface area (Å²) in [6.07, 6.45) is 2.08. The lowest BCUT2D eigenvalue weighted by Gasteiger charge is -2.23. The van der Waals surface area contributed by atoms with Crippen LogP contribution in [-0.2, 0) is 0 Å². The number of aryl methyl sites for hydroxylation is 1. The SMILES string of the molecule is Cc1cc2c(cc1C1CC(CN)CN1C)OCCCO2. The van der Waals surface area contributed by atoms with Crippen LogP contribution in [0.2, 0.25) is 0 Å². The second-order valence-corrected chi connectivity index (χ2v) is 6.00. The van der Waals surface area contributed by atoms with Gasteiger partial charge in [-0.25, -0.2) is 0 Å². The van der Waals surface area contributed by atoms with Gasteiger partial charge >= 0.3 is 0 Å². The Kier molecular flexibility index (Phi) is 3.85. The molecule has 1 aromatic rings. The lowest BCUT2D eigenvalue weighted by Crippen LogP contribution is -2.21. The third kappa shape index (κ3) is 2.50. The Hall–Kier alpha value is -1.26. The smallest absolute Gasteiger partial charge is 0.161 e. The van der Waals surface area contributed by atoms with Crippen molar-refractivity contribution in [2.75, 3.05) is 33.4 Å². The van der Waals surface area contributed by atoms with Crippen LogP contribution in [0.25, 0.3) is 0 Å². The van der Waals surface area contributed by atoms with Gasteiger partial charge in [0, 0.05) is 19.0 Å². The number of benzene rings is 1. The highest BCUT2D eigenvalue weighted by atomic mass is 16.5. The van der Waals surface area contributed by atoms with Gasteiger partial charge in [-0.2, -0.15) is 0 Å². The molecule has 0 radical (unpaired) electrons. The fraction of sp³-hybridized carbons (Fsp3) is 0.625. The van der Waals surface area contributed by atoms with Crippen molar-refractivity contribution in [1.29, 1.82) is 0 Å². The molecule has 1 aromatic carbocycles. The molecule has 0 aliphatic carbocycles. The zero-order chi connectivity index (χ0) is 14.1. The Morgan fingerprint density at radius 1 is 1.25 bits per heavy atom. The molecule has 2 heterocycles. The van der Waals surface area contributed by atoms with Gasteiger partial charge in [0.1, 0.15) is 0 Å². The normalized spacial score (nSPS) is 26.6. The molecule has 2 unspecified atom stereocenters. The molecule has 1 saturated heterocycles. The molecule has 2 atom stereocenters. The van der Waals surface area contributed by atoms with E-state index in [1.807, 2.05) is 0 Å². The molecule has 2 N–H and O–H groups in total.